The number of piperidine rings is 3. The zero-order valence-electron chi connectivity index (χ0n) is 10.3. The molecule has 0 aliphatic carbocycles. The van der Waals surface area contributed by atoms with Crippen molar-refractivity contribution >= 4 is 5.78 Å². The molecule has 0 aromatic heterocycles. The van der Waals surface area contributed by atoms with Crippen molar-refractivity contribution in [3.8, 4) is 0 Å². The van der Waals surface area contributed by atoms with Crippen LogP contribution in [-0.4, -0.2) is 54.2 Å². The van der Waals surface area contributed by atoms with Crippen LogP contribution in [0.25, 0.3) is 0 Å². The van der Waals surface area contributed by atoms with Gasteiger partial charge >= 0.3 is 0 Å². The van der Waals surface area contributed by atoms with Gasteiger partial charge in [0.25, 0.3) is 0 Å². The number of hydrogen-bond donors (Lipinski definition) is 1. The number of nitrogens with zero attached hydrogens (tertiary/aromatic N) is 1. The predicted molar refractivity (Wildman–Crippen MR) is 60.2 cm³/mol. The lowest BCUT2D eigenvalue weighted by Crippen LogP contribution is -2.74. The van der Waals surface area contributed by atoms with Gasteiger partial charge in [-0.2, -0.15) is 0 Å². The molecule has 92 valence electrons. The first-order chi connectivity index (χ1) is 7.50. The third-order valence-corrected chi connectivity index (χ3v) is 4.35. The van der Waals surface area contributed by atoms with E-state index in [-0.39, 0.29) is 17.8 Å². The monoisotopic (exact) mass is 227 g/mol. The second kappa shape index (κ2) is 3.79. The summed E-state index contributed by atoms with van der Waals surface area (Å²) in [5.74, 6) is 0.161. The van der Waals surface area contributed by atoms with Crippen molar-refractivity contribution in [3.63, 3.8) is 0 Å². The Bertz CT molecular complexity index is 307. The first-order valence-electron chi connectivity index (χ1n) is 5.92. The first-order valence-corrected chi connectivity index (χ1v) is 5.92. The van der Waals surface area contributed by atoms with Crippen LogP contribution < -0.4 is 0 Å². The van der Waals surface area contributed by atoms with Crippen molar-refractivity contribution in [1.29, 1.82) is 0 Å². The van der Waals surface area contributed by atoms with E-state index in [1.54, 1.807) is 7.11 Å². The molecule has 4 nitrogen and oxygen atoms in total. The minimum Gasteiger partial charge on any atom is -0.394 e. The van der Waals surface area contributed by atoms with Crippen LogP contribution >= 0.6 is 0 Å². The third kappa shape index (κ3) is 1.36. The Morgan fingerprint density at radius 3 is 2.81 bits per heavy atom. The summed E-state index contributed by atoms with van der Waals surface area (Å²) in [5, 5.41) is 9.65. The van der Waals surface area contributed by atoms with Crippen molar-refractivity contribution < 1.29 is 14.6 Å². The normalized spacial score (nSPS) is 47.4. The SMILES string of the molecule is COC[C@]1(CO)C(=O)[C@@]2(C)CCN1[C@H](C)C2. The number of carbonyl (C=O) groups excluding carboxylic acids is 1. The van der Waals surface area contributed by atoms with Crippen LogP contribution in [0.5, 0.6) is 0 Å². The molecular weight excluding hydrogens is 206 g/mol. The fourth-order valence-corrected chi connectivity index (χ4v) is 3.58. The van der Waals surface area contributed by atoms with Gasteiger partial charge in [0.1, 0.15) is 5.54 Å². The second-order valence-corrected chi connectivity index (χ2v) is 5.51. The molecule has 3 heterocycles. The molecule has 3 saturated heterocycles. The van der Waals surface area contributed by atoms with E-state index in [9.17, 15) is 9.90 Å². The largest absolute Gasteiger partial charge is 0.394 e. The summed E-state index contributed by atoms with van der Waals surface area (Å²) in [7, 11) is 1.58. The van der Waals surface area contributed by atoms with E-state index < -0.39 is 5.54 Å². The molecule has 4 heteroatoms. The van der Waals surface area contributed by atoms with Gasteiger partial charge in [-0.25, -0.2) is 0 Å². The molecule has 0 aromatic rings. The molecule has 0 saturated carbocycles. The van der Waals surface area contributed by atoms with Crippen molar-refractivity contribution in [2.24, 2.45) is 5.41 Å². The number of Topliss-reactive ketones (excluding diaryl/α,β-unsaturated/α-hetero) is 1. The van der Waals surface area contributed by atoms with Gasteiger partial charge < -0.3 is 9.84 Å². The highest BCUT2D eigenvalue weighted by atomic mass is 16.5. The Kier molecular flexibility index (Phi) is 2.85. The number of rotatable bonds is 3. The number of ketones is 1. The number of ether oxygens (including phenoxy) is 1. The van der Waals surface area contributed by atoms with E-state index in [1.165, 1.54) is 0 Å². The van der Waals surface area contributed by atoms with Crippen molar-refractivity contribution in [3.05, 3.63) is 0 Å². The Morgan fingerprint density at radius 1 is 1.62 bits per heavy atom. The maximum Gasteiger partial charge on any atom is 0.163 e. The summed E-state index contributed by atoms with van der Waals surface area (Å²) in [4.78, 5) is 14.6. The Hall–Kier alpha value is -0.450. The number of hydrogen-bond acceptors (Lipinski definition) is 4. The fraction of sp³-hybridized carbons (Fsp3) is 0.917. The molecule has 0 spiro atoms. The fourth-order valence-electron chi connectivity index (χ4n) is 3.58. The Labute approximate surface area is 96.6 Å². The van der Waals surface area contributed by atoms with Crippen LogP contribution in [0.1, 0.15) is 26.7 Å². The maximum atomic E-state index is 12.5. The predicted octanol–water partition coefficient (Wildman–Crippen LogP) is 0.437. The van der Waals surface area contributed by atoms with Gasteiger partial charge in [-0.15, -0.1) is 0 Å². The van der Waals surface area contributed by atoms with Crippen LogP contribution in [0.3, 0.4) is 0 Å². The quantitative estimate of drug-likeness (QED) is 0.760. The van der Waals surface area contributed by atoms with Gasteiger partial charge in [0.15, 0.2) is 5.78 Å². The van der Waals surface area contributed by atoms with E-state index in [2.05, 4.69) is 11.8 Å². The second-order valence-electron chi connectivity index (χ2n) is 5.51. The van der Waals surface area contributed by atoms with Crippen molar-refractivity contribution in [2.75, 3.05) is 26.9 Å². The smallest absolute Gasteiger partial charge is 0.163 e. The molecule has 2 bridgehead atoms. The van der Waals surface area contributed by atoms with Crippen molar-refractivity contribution in [1.82, 2.24) is 4.90 Å². The van der Waals surface area contributed by atoms with Crippen molar-refractivity contribution in [2.45, 2.75) is 38.3 Å². The molecule has 4 atom stereocenters. The molecule has 3 aliphatic rings. The molecule has 16 heavy (non-hydrogen) atoms. The highest BCUT2D eigenvalue weighted by Crippen LogP contribution is 2.47. The molecular formula is C12H21NO3. The van der Waals surface area contributed by atoms with Crippen LogP contribution in [0.15, 0.2) is 0 Å². The number of carbonyl (C=O) groups is 1. The van der Waals surface area contributed by atoms with Gasteiger partial charge in [0.05, 0.1) is 13.2 Å². The molecule has 0 radical (unpaired) electrons. The average molecular weight is 227 g/mol. The number of aliphatic hydroxyl groups excluding tert-OH is 1. The van der Waals surface area contributed by atoms with E-state index >= 15 is 0 Å². The minimum absolute atomic E-state index is 0.139. The number of aliphatic hydroxyl groups is 1. The lowest BCUT2D eigenvalue weighted by molar-refractivity contribution is -0.177. The van der Waals surface area contributed by atoms with Gasteiger partial charge in [-0.05, 0) is 19.8 Å². The van der Waals surface area contributed by atoms with E-state index in [4.69, 9.17) is 4.74 Å². The highest BCUT2D eigenvalue weighted by molar-refractivity contribution is 5.95. The summed E-state index contributed by atoms with van der Waals surface area (Å²) in [6.45, 7) is 5.20. The van der Waals surface area contributed by atoms with Gasteiger partial charge in [0.2, 0.25) is 0 Å². The van der Waals surface area contributed by atoms with Crippen LogP contribution in [0, 0.1) is 5.41 Å². The van der Waals surface area contributed by atoms with Crippen LogP contribution in [-0.2, 0) is 9.53 Å². The summed E-state index contributed by atoms with van der Waals surface area (Å²) >= 11 is 0. The summed E-state index contributed by atoms with van der Waals surface area (Å²) in [6.07, 6.45) is 1.80. The molecule has 3 aliphatic heterocycles. The Morgan fingerprint density at radius 2 is 2.31 bits per heavy atom. The van der Waals surface area contributed by atoms with Gasteiger partial charge in [-0.3, -0.25) is 9.69 Å². The minimum atomic E-state index is -0.792. The molecule has 1 N–H and O–H groups in total. The van der Waals surface area contributed by atoms with E-state index in [0.29, 0.717) is 12.6 Å². The van der Waals surface area contributed by atoms with Crippen LogP contribution in [0.4, 0.5) is 0 Å². The molecule has 0 aromatic carbocycles. The lowest BCUT2D eigenvalue weighted by Gasteiger charge is -2.59. The molecule has 3 fully saturated rings. The van der Waals surface area contributed by atoms with Crippen LogP contribution in [0.2, 0.25) is 0 Å². The average Bonchev–Trinajstić information content (AvgIpc) is 2.24. The first kappa shape index (κ1) is 12.0. The summed E-state index contributed by atoms with van der Waals surface area (Å²) < 4.78 is 5.17. The Balaban J connectivity index is 2.40. The molecule has 0 amide bonds. The lowest BCUT2D eigenvalue weighted by atomic mass is 9.62. The van der Waals surface area contributed by atoms with Gasteiger partial charge in [0, 0.05) is 25.1 Å². The maximum absolute atomic E-state index is 12.5. The van der Waals surface area contributed by atoms with Gasteiger partial charge in [-0.1, -0.05) is 6.92 Å². The molecule has 3 rings (SSSR count). The third-order valence-electron chi connectivity index (χ3n) is 4.35. The van der Waals surface area contributed by atoms with E-state index in [1.807, 2.05) is 6.92 Å². The zero-order chi connectivity index (χ0) is 12.0. The number of fused-ring (bicyclic) bond motifs is 3. The highest BCUT2D eigenvalue weighted by Gasteiger charge is 2.60. The number of methoxy groups -OCH3 is 1. The summed E-state index contributed by atoms with van der Waals surface area (Å²) in [6, 6.07) is 0.346. The molecule has 1 unspecified atom stereocenters. The topological polar surface area (TPSA) is 49.8 Å². The van der Waals surface area contributed by atoms with E-state index in [0.717, 1.165) is 19.4 Å². The zero-order valence-corrected chi connectivity index (χ0v) is 10.3. The summed E-state index contributed by atoms with van der Waals surface area (Å²) in [5.41, 5.74) is -1.06. The standard InChI is InChI=1S/C12H21NO3/c1-9-6-11(2)4-5-13(9)12(7-14,8-16-3)10(11)15/h9,14H,4-8H2,1-3H3/t9-,11+,12-/m1/s1.